The molecule has 0 aliphatic carbocycles. The predicted molar refractivity (Wildman–Crippen MR) is 91.8 cm³/mol. The molecule has 1 aliphatic rings. The van der Waals surface area contributed by atoms with Crippen molar-refractivity contribution in [3.05, 3.63) is 21.4 Å². The van der Waals surface area contributed by atoms with Gasteiger partial charge in [-0.3, -0.25) is 0 Å². The van der Waals surface area contributed by atoms with E-state index in [-0.39, 0.29) is 6.10 Å². The van der Waals surface area contributed by atoms with Crippen molar-refractivity contribution >= 4 is 23.1 Å². The van der Waals surface area contributed by atoms with Gasteiger partial charge in [-0.25, -0.2) is 0 Å². The molecule has 1 atom stereocenters. The summed E-state index contributed by atoms with van der Waals surface area (Å²) in [7, 11) is 0. The molecule has 1 nitrogen and oxygen atoms in total. The van der Waals surface area contributed by atoms with Gasteiger partial charge in [-0.05, 0) is 30.2 Å². The van der Waals surface area contributed by atoms with Crippen molar-refractivity contribution in [1.29, 1.82) is 0 Å². The summed E-state index contributed by atoms with van der Waals surface area (Å²) in [6.07, 6.45) is 11.2. The highest BCUT2D eigenvalue weighted by molar-refractivity contribution is 7.98. The number of thioether (sulfide) groups is 1. The monoisotopic (exact) mass is 312 g/mol. The van der Waals surface area contributed by atoms with E-state index in [4.69, 9.17) is 0 Å². The summed E-state index contributed by atoms with van der Waals surface area (Å²) in [4.78, 5) is 2.74. The van der Waals surface area contributed by atoms with Gasteiger partial charge in [0, 0.05) is 15.5 Å². The average molecular weight is 313 g/mol. The fourth-order valence-corrected chi connectivity index (χ4v) is 5.17. The Morgan fingerprint density at radius 3 is 2.65 bits per heavy atom. The van der Waals surface area contributed by atoms with Crippen molar-refractivity contribution in [1.82, 2.24) is 0 Å². The van der Waals surface area contributed by atoms with E-state index < -0.39 is 0 Å². The number of hydrogen-bond donors (Lipinski definition) is 1. The molecule has 2 rings (SSSR count). The molecular weight excluding hydrogens is 284 g/mol. The number of aliphatic hydroxyl groups is 1. The second kappa shape index (κ2) is 9.11. The molecule has 0 fully saturated rings. The summed E-state index contributed by atoms with van der Waals surface area (Å²) in [6.45, 7) is 2.26. The van der Waals surface area contributed by atoms with E-state index in [2.05, 4.69) is 13.0 Å². The van der Waals surface area contributed by atoms with Gasteiger partial charge in [0.15, 0.2) is 0 Å². The van der Waals surface area contributed by atoms with Gasteiger partial charge < -0.3 is 5.11 Å². The lowest BCUT2D eigenvalue weighted by Gasteiger charge is -2.08. The topological polar surface area (TPSA) is 20.2 Å². The Morgan fingerprint density at radius 1 is 1.15 bits per heavy atom. The molecule has 0 saturated heterocycles. The zero-order chi connectivity index (χ0) is 14.2. The maximum atomic E-state index is 10.3. The minimum Gasteiger partial charge on any atom is -0.388 e. The van der Waals surface area contributed by atoms with Crippen LogP contribution >= 0.6 is 23.1 Å². The summed E-state index contributed by atoms with van der Waals surface area (Å²) in [6, 6.07) is 2.26. The van der Waals surface area contributed by atoms with Crippen LogP contribution in [0.4, 0.5) is 0 Å². The Hall–Kier alpha value is 0.01000. The molecule has 2 heterocycles. The van der Waals surface area contributed by atoms with Crippen LogP contribution in [0.3, 0.4) is 0 Å². The third-order valence-corrected chi connectivity index (χ3v) is 6.40. The molecule has 3 heteroatoms. The van der Waals surface area contributed by atoms with Gasteiger partial charge in [-0.15, -0.1) is 11.3 Å². The van der Waals surface area contributed by atoms with Gasteiger partial charge in [0.25, 0.3) is 0 Å². The number of aliphatic hydroxyl groups excluding tert-OH is 1. The van der Waals surface area contributed by atoms with Crippen LogP contribution in [0, 0.1) is 0 Å². The highest BCUT2D eigenvalue weighted by Gasteiger charge is 2.17. The lowest BCUT2D eigenvalue weighted by molar-refractivity contribution is 0.167. The summed E-state index contributed by atoms with van der Waals surface area (Å²) in [5.74, 6) is 2.40. The minimum atomic E-state index is -0.216. The zero-order valence-electron chi connectivity index (χ0n) is 12.7. The van der Waals surface area contributed by atoms with Crippen molar-refractivity contribution in [2.45, 2.75) is 76.6 Å². The summed E-state index contributed by atoms with van der Waals surface area (Å²) >= 11 is 3.87. The van der Waals surface area contributed by atoms with Gasteiger partial charge in [0.2, 0.25) is 0 Å². The average Bonchev–Trinajstić information content (AvgIpc) is 2.90. The van der Waals surface area contributed by atoms with E-state index in [0.717, 1.165) is 12.2 Å². The van der Waals surface area contributed by atoms with Crippen LogP contribution in [0.2, 0.25) is 0 Å². The molecule has 1 aromatic rings. The molecule has 0 amide bonds. The van der Waals surface area contributed by atoms with Crippen LogP contribution in [0.15, 0.2) is 6.07 Å². The minimum absolute atomic E-state index is 0.216. The van der Waals surface area contributed by atoms with E-state index in [1.165, 1.54) is 72.4 Å². The van der Waals surface area contributed by atoms with Crippen molar-refractivity contribution in [3.63, 3.8) is 0 Å². The third-order valence-electron chi connectivity index (χ3n) is 4.06. The second-order valence-electron chi connectivity index (χ2n) is 5.83. The zero-order valence-corrected chi connectivity index (χ0v) is 14.3. The molecule has 0 aromatic carbocycles. The van der Waals surface area contributed by atoms with E-state index in [1.54, 1.807) is 0 Å². The maximum absolute atomic E-state index is 10.3. The molecule has 20 heavy (non-hydrogen) atoms. The number of thiophene rings is 1. The Kier molecular flexibility index (Phi) is 7.47. The molecule has 1 aliphatic heterocycles. The first-order valence-corrected chi connectivity index (χ1v) is 10.2. The Labute approximate surface area is 132 Å². The van der Waals surface area contributed by atoms with Crippen LogP contribution < -0.4 is 0 Å². The van der Waals surface area contributed by atoms with E-state index in [9.17, 15) is 5.11 Å². The molecule has 0 radical (unpaired) electrons. The Balaban J connectivity index is 1.64. The van der Waals surface area contributed by atoms with E-state index in [1.807, 2.05) is 23.1 Å². The molecule has 1 unspecified atom stereocenters. The van der Waals surface area contributed by atoms with E-state index in [0.29, 0.717) is 0 Å². The quantitative estimate of drug-likeness (QED) is 0.589. The molecule has 0 saturated carbocycles. The number of rotatable bonds is 9. The third kappa shape index (κ3) is 5.09. The number of aryl methyl sites for hydroxylation is 1. The molecule has 114 valence electrons. The van der Waals surface area contributed by atoms with Gasteiger partial charge >= 0.3 is 0 Å². The SMILES string of the molecule is CCCCCCCCCC(O)c1cc2c(s1)CCSC2. The Bertz CT molecular complexity index is 363. The lowest BCUT2D eigenvalue weighted by atomic mass is 10.1. The van der Waals surface area contributed by atoms with Crippen molar-refractivity contribution in [3.8, 4) is 0 Å². The highest BCUT2D eigenvalue weighted by atomic mass is 32.2. The van der Waals surface area contributed by atoms with E-state index >= 15 is 0 Å². The fourth-order valence-electron chi connectivity index (χ4n) is 2.77. The number of fused-ring (bicyclic) bond motifs is 1. The molecule has 0 bridgehead atoms. The normalized spacial score (nSPS) is 16.1. The van der Waals surface area contributed by atoms with Crippen LogP contribution in [-0.4, -0.2) is 10.9 Å². The molecule has 0 spiro atoms. The molecule has 1 aromatic heterocycles. The van der Waals surface area contributed by atoms with Crippen molar-refractivity contribution in [2.24, 2.45) is 0 Å². The van der Waals surface area contributed by atoms with Crippen molar-refractivity contribution < 1.29 is 5.11 Å². The van der Waals surface area contributed by atoms with Crippen LogP contribution in [0.1, 0.15) is 79.7 Å². The summed E-state index contributed by atoms with van der Waals surface area (Å²) in [5.41, 5.74) is 1.49. The highest BCUT2D eigenvalue weighted by Crippen LogP contribution is 2.35. The standard InChI is InChI=1S/C17H28OS2/c1-2-3-4-5-6-7-8-9-15(18)17-12-14-13-19-11-10-16(14)20-17/h12,15,18H,2-11,13H2,1H3. The summed E-state index contributed by atoms with van der Waals surface area (Å²) in [5, 5.41) is 10.3. The van der Waals surface area contributed by atoms with Crippen LogP contribution in [-0.2, 0) is 12.2 Å². The first kappa shape index (κ1) is 16.4. The molecule has 1 N–H and O–H groups in total. The second-order valence-corrected chi connectivity index (χ2v) is 8.10. The number of hydrogen-bond acceptors (Lipinski definition) is 3. The summed E-state index contributed by atoms with van der Waals surface area (Å²) < 4.78 is 0. The largest absolute Gasteiger partial charge is 0.388 e. The molecular formula is C17H28OS2. The smallest absolute Gasteiger partial charge is 0.0882 e. The predicted octanol–water partition coefficient (Wildman–Crippen LogP) is 5.71. The maximum Gasteiger partial charge on any atom is 0.0882 e. The fraction of sp³-hybridized carbons (Fsp3) is 0.765. The first-order chi connectivity index (χ1) is 9.81. The van der Waals surface area contributed by atoms with Gasteiger partial charge in [0.1, 0.15) is 0 Å². The first-order valence-electron chi connectivity index (χ1n) is 8.18. The van der Waals surface area contributed by atoms with Gasteiger partial charge in [-0.1, -0.05) is 51.9 Å². The number of unbranched alkanes of at least 4 members (excludes halogenated alkanes) is 6. The van der Waals surface area contributed by atoms with Gasteiger partial charge in [-0.2, -0.15) is 11.8 Å². The van der Waals surface area contributed by atoms with Crippen LogP contribution in [0.5, 0.6) is 0 Å². The van der Waals surface area contributed by atoms with Gasteiger partial charge in [0.05, 0.1) is 6.10 Å². The lowest BCUT2D eigenvalue weighted by Crippen LogP contribution is -1.96. The Morgan fingerprint density at radius 2 is 1.90 bits per heavy atom. The van der Waals surface area contributed by atoms with Crippen LogP contribution in [0.25, 0.3) is 0 Å². The van der Waals surface area contributed by atoms with Crippen molar-refractivity contribution in [2.75, 3.05) is 5.75 Å².